The fourth-order valence-electron chi connectivity index (χ4n) is 3.16. The van der Waals surface area contributed by atoms with Gasteiger partial charge in [-0.15, -0.1) is 24.8 Å². The molecule has 0 aliphatic heterocycles. The van der Waals surface area contributed by atoms with E-state index in [1.54, 1.807) is 0 Å². The van der Waals surface area contributed by atoms with Crippen molar-refractivity contribution in [2.24, 2.45) is 18.7 Å². The van der Waals surface area contributed by atoms with E-state index in [4.69, 9.17) is 10.7 Å². The van der Waals surface area contributed by atoms with Crippen LogP contribution in [0.1, 0.15) is 31.3 Å². The Morgan fingerprint density at radius 1 is 1.03 bits per heavy atom. The molecule has 0 saturated heterocycles. The average molecular weight is 466 g/mol. The molecule has 0 saturated carbocycles. The van der Waals surface area contributed by atoms with Gasteiger partial charge in [0, 0.05) is 7.05 Å². The zero-order valence-electron chi connectivity index (χ0n) is 17.7. The van der Waals surface area contributed by atoms with Crippen molar-refractivity contribution in [1.82, 2.24) is 20.2 Å². The van der Waals surface area contributed by atoms with Gasteiger partial charge in [-0.3, -0.25) is 9.59 Å². The first-order chi connectivity index (χ1) is 13.9. The molecule has 0 fully saturated rings. The number of imidazole rings is 1. The summed E-state index contributed by atoms with van der Waals surface area (Å²) < 4.78 is 1.97. The maximum absolute atomic E-state index is 12.6. The van der Waals surface area contributed by atoms with E-state index in [0.717, 1.165) is 22.4 Å². The maximum Gasteiger partial charge on any atom is 0.240 e. The zero-order chi connectivity index (χ0) is 21.0. The molecule has 2 aromatic carbocycles. The van der Waals surface area contributed by atoms with E-state index in [1.807, 2.05) is 80.1 Å². The molecule has 0 bridgehead atoms. The van der Waals surface area contributed by atoms with Crippen molar-refractivity contribution >= 4 is 47.7 Å². The normalized spacial score (nSPS) is 12.4. The predicted molar refractivity (Wildman–Crippen MR) is 127 cm³/mol. The molecule has 0 radical (unpaired) electrons. The molecule has 0 aliphatic carbocycles. The van der Waals surface area contributed by atoms with Crippen molar-refractivity contribution in [2.45, 2.75) is 25.9 Å². The van der Waals surface area contributed by atoms with Gasteiger partial charge in [0.1, 0.15) is 11.9 Å². The van der Waals surface area contributed by atoms with Crippen molar-refractivity contribution in [3.8, 4) is 0 Å². The maximum atomic E-state index is 12.6. The molecular formula is C22H29Cl2N5O2. The Morgan fingerprint density at radius 3 is 2.26 bits per heavy atom. The van der Waals surface area contributed by atoms with E-state index >= 15 is 0 Å². The Balaban J connectivity index is 0.00000240. The third kappa shape index (κ3) is 6.19. The highest BCUT2D eigenvalue weighted by Crippen LogP contribution is 2.24. The van der Waals surface area contributed by atoms with Crippen molar-refractivity contribution in [2.75, 3.05) is 6.54 Å². The van der Waals surface area contributed by atoms with Gasteiger partial charge in [-0.05, 0) is 23.6 Å². The summed E-state index contributed by atoms with van der Waals surface area (Å²) in [5.41, 5.74) is 8.58. The van der Waals surface area contributed by atoms with Crippen molar-refractivity contribution in [1.29, 1.82) is 0 Å². The first-order valence-corrected chi connectivity index (χ1v) is 9.67. The summed E-state index contributed by atoms with van der Waals surface area (Å²) in [5, 5.41) is 5.61. The molecule has 31 heavy (non-hydrogen) atoms. The lowest BCUT2D eigenvalue weighted by molar-refractivity contribution is -0.127. The van der Waals surface area contributed by atoms with Gasteiger partial charge in [0.25, 0.3) is 0 Å². The molecule has 2 amide bonds. The first-order valence-electron chi connectivity index (χ1n) is 9.67. The number of amides is 2. The highest BCUT2D eigenvalue weighted by molar-refractivity contribution is 5.88. The number of nitrogens with one attached hydrogen (secondary N) is 2. The quantitative estimate of drug-likeness (QED) is 0.498. The Morgan fingerprint density at radius 2 is 1.65 bits per heavy atom. The molecule has 7 nitrogen and oxygen atoms in total. The number of para-hydroxylation sites is 2. The topological polar surface area (TPSA) is 102 Å². The number of aryl methyl sites for hydroxylation is 1. The number of halogens is 2. The Bertz CT molecular complexity index is 1010. The van der Waals surface area contributed by atoms with Crippen molar-refractivity contribution in [3.05, 3.63) is 66.0 Å². The van der Waals surface area contributed by atoms with Gasteiger partial charge in [0.15, 0.2) is 0 Å². The van der Waals surface area contributed by atoms with Crippen LogP contribution in [0.15, 0.2) is 54.6 Å². The molecule has 168 valence electrons. The van der Waals surface area contributed by atoms with Crippen LogP contribution in [-0.2, 0) is 16.6 Å². The molecule has 3 aromatic rings. The highest BCUT2D eigenvalue weighted by Gasteiger charge is 2.23. The highest BCUT2D eigenvalue weighted by atomic mass is 35.5. The Labute approximate surface area is 194 Å². The number of rotatable bonds is 7. The number of nitrogens with two attached hydrogens (primary N) is 1. The second kappa shape index (κ2) is 11.7. The SMILES string of the molecule is CC(C)[C@H](N)C(=O)NCC(=O)NC(c1ccccc1)c1nc2ccccc2n1C.Cl.Cl. The number of fused-ring (bicyclic) bond motifs is 1. The molecule has 2 atom stereocenters. The van der Waals surface area contributed by atoms with Crippen LogP contribution in [0.25, 0.3) is 11.0 Å². The van der Waals surface area contributed by atoms with Crippen LogP contribution in [-0.4, -0.2) is 34.0 Å². The van der Waals surface area contributed by atoms with Crippen molar-refractivity contribution in [3.63, 3.8) is 0 Å². The van der Waals surface area contributed by atoms with Crippen LogP contribution in [0, 0.1) is 5.92 Å². The minimum Gasteiger partial charge on any atom is -0.346 e. The van der Waals surface area contributed by atoms with E-state index in [-0.39, 0.29) is 49.1 Å². The summed E-state index contributed by atoms with van der Waals surface area (Å²) in [4.78, 5) is 29.4. The van der Waals surface area contributed by atoms with Crippen LogP contribution in [0.2, 0.25) is 0 Å². The Hall–Kier alpha value is -2.61. The van der Waals surface area contributed by atoms with Gasteiger partial charge in [0.2, 0.25) is 11.8 Å². The van der Waals surface area contributed by atoms with Gasteiger partial charge >= 0.3 is 0 Å². The fourth-order valence-corrected chi connectivity index (χ4v) is 3.16. The summed E-state index contributed by atoms with van der Waals surface area (Å²) in [5.74, 6) is 0.0652. The monoisotopic (exact) mass is 465 g/mol. The lowest BCUT2D eigenvalue weighted by Gasteiger charge is -2.20. The minimum atomic E-state index is -0.646. The largest absolute Gasteiger partial charge is 0.346 e. The lowest BCUT2D eigenvalue weighted by atomic mass is 10.0. The molecule has 9 heteroatoms. The number of nitrogens with zero attached hydrogens (tertiary/aromatic N) is 2. The standard InChI is InChI=1S/C22H27N5O2.2ClH/c1-14(2)19(23)22(29)24-13-18(28)26-20(15-9-5-4-6-10-15)21-25-16-11-7-8-12-17(16)27(21)3;;/h4-12,14,19-20H,13,23H2,1-3H3,(H,24,29)(H,26,28);2*1H/t19-,20?;;/m0../s1. The number of hydrogen-bond donors (Lipinski definition) is 3. The molecule has 1 unspecified atom stereocenters. The van der Waals surface area contributed by atoms with E-state index in [0.29, 0.717) is 0 Å². The van der Waals surface area contributed by atoms with Crippen LogP contribution in [0.3, 0.4) is 0 Å². The van der Waals surface area contributed by atoms with E-state index in [9.17, 15) is 9.59 Å². The second-order valence-electron chi connectivity index (χ2n) is 7.42. The molecular weight excluding hydrogens is 437 g/mol. The number of carbonyl (C=O) groups excluding carboxylic acids is 2. The minimum absolute atomic E-state index is 0. The predicted octanol–water partition coefficient (Wildman–Crippen LogP) is 2.72. The van der Waals surface area contributed by atoms with E-state index < -0.39 is 12.1 Å². The number of carbonyl (C=O) groups is 2. The average Bonchev–Trinajstić information content (AvgIpc) is 3.06. The molecule has 3 rings (SSSR count). The third-order valence-electron chi connectivity index (χ3n) is 4.96. The summed E-state index contributed by atoms with van der Waals surface area (Å²) in [6, 6.07) is 16.4. The third-order valence-corrected chi connectivity index (χ3v) is 4.96. The van der Waals surface area contributed by atoms with Crippen LogP contribution >= 0.6 is 24.8 Å². The molecule has 1 heterocycles. The molecule has 1 aromatic heterocycles. The van der Waals surface area contributed by atoms with E-state index in [2.05, 4.69) is 10.6 Å². The fraction of sp³-hybridized carbons (Fsp3) is 0.318. The summed E-state index contributed by atoms with van der Waals surface area (Å²) in [7, 11) is 1.93. The first kappa shape index (κ1) is 26.4. The van der Waals surface area contributed by atoms with Gasteiger partial charge in [-0.1, -0.05) is 56.3 Å². The summed E-state index contributed by atoms with van der Waals surface area (Å²) in [6.45, 7) is 3.58. The van der Waals surface area contributed by atoms with E-state index in [1.165, 1.54) is 0 Å². The van der Waals surface area contributed by atoms with Crippen LogP contribution < -0.4 is 16.4 Å². The Kier molecular flexibility index (Phi) is 9.97. The van der Waals surface area contributed by atoms with Crippen LogP contribution in [0.4, 0.5) is 0 Å². The number of aromatic nitrogens is 2. The summed E-state index contributed by atoms with van der Waals surface area (Å²) >= 11 is 0. The number of benzene rings is 2. The van der Waals surface area contributed by atoms with Gasteiger partial charge in [0.05, 0.1) is 23.6 Å². The zero-order valence-corrected chi connectivity index (χ0v) is 19.4. The second-order valence-corrected chi connectivity index (χ2v) is 7.42. The van der Waals surface area contributed by atoms with Gasteiger partial charge < -0.3 is 20.9 Å². The van der Waals surface area contributed by atoms with Gasteiger partial charge in [-0.25, -0.2) is 4.98 Å². The summed E-state index contributed by atoms with van der Waals surface area (Å²) in [6.07, 6.45) is 0. The smallest absolute Gasteiger partial charge is 0.240 e. The molecule has 0 spiro atoms. The van der Waals surface area contributed by atoms with Gasteiger partial charge in [-0.2, -0.15) is 0 Å². The molecule has 4 N–H and O–H groups in total. The molecule has 0 aliphatic rings. The van der Waals surface area contributed by atoms with Crippen molar-refractivity contribution < 1.29 is 9.59 Å². The van der Waals surface area contributed by atoms with Crippen LogP contribution in [0.5, 0.6) is 0 Å². The lowest BCUT2D eigenvalue weighted by Crippen LogP contribution is -2.47. The number of hydrogen-bond acceptors (Lipinski definition) is 4.